The topological polar surface area (TPSA) is 59.7 Å². The van der Waals surface area contributed by atoms with Crippen molar-refractivity contribution in [2.24, 2.45) is 0 Å². The zero-order chi connectivity index (χ0) is 19.9. The Kier molecular flexibility index (Phi) is 6.87. The first kappa shape index (κ1) is 20.1. The first-order chi connectivity index (χ1) is 13.6. The molecule has 0 atom stereocenters. The zero-order valence-corrected chi connectivity index (χ0v) is 16.1. The maximum absolute atomic E-state index is 13.4. The van der Waals surface area contributed by atoms with E-state index < -0.39 is 0 Å². The predicted octanol–water partition coefficient (Wildman–Crippen LogP) is 1.17. The van der Waals surface area contributed by atoms with Crippen molar-refractivity contribution in [1.82, 2.24) is 0 Å². The predicted molar refractivity (Wildman–Crippen MR) is 107 cm³/mol. The number of hydrogen-bond acceptors (Lipinski definition) is 0. The zero-order valence-electron chi connectivity index (χ0n) is 16.1. The molecule has 0 aliphatic carbocycles. The fourth-order valence-electron chi connectivity index (χ4n) is 3.50. The van der Waals surface area contributed by atoms with Crippen LogP contribution in [0.25, 0.3) is 22.3 Å². The molecule has 3 rings (SSSR count). The summed E-state index contributed by atoms with van der Waals surface area (Å²) in [5.41, 5.74) is 13.1. The maximum Gasteiger partial charge on any atom is 0.127 e. The van der Waals surface area contributed by atoms with Gasteiger partial charge in [-0.15, -0.1) is 0 Å². The molecular weight excluding hydrogens is 356 g/mol. The highest BCUT2D eigenvalue weighted by atomic mass is 19.1. The third kappa shape index (κ3) is 5.23. The van der Waals surface area contributed by atoms with E-state index in [0.29, 0.717) is 0 Å². The molecule has 0 aromatic heterocycles. The molecule has 0 aliphatic heterocycles. The van der Waals surface area contributed by atoms with E-state index in [0.717, 1.165) is 55.0 Å². The van der Waals surface area contributed by atoms with E-state index in [4.69, 9.17) is 0 Å². The van der Waals surface area contributed by atoms with Crippen molar-refractivity contribution < 1.29 is 25.1 Å². The van der Waals surface area contributed by atoms with Gasteiger partial charge in [0.05, 0.1) is 0 Å². The van der Waals surface area contributed by atoms with Gasteiger partial charge in [-0.2, -0.15) is 0 Å². The molecule has 0 aliphatic rings. The van der Waals surface area contributed by atoms with Gasteiger partial charge in [-0.05, 0) is 64.7 Å². The summed E-state index contributed by atoms with van der Waals surface area (Å²) < 4.78 is 26.7. The van der Waals surface area contributed by atoms with Crippen molar-refractivity contribution in [3.05, 3.63) is 83.9 Å². The van der Waals surface area contributed by atoms with Gasteiger partial charge in [-0.3, -0.25) is 0 Å². The highest BCUT2D eigenvalue weighted by Crippen LogP contribution is 2.28. The minimum absolute atomic E-state index is 0.250. The lowest BCUT2D eigenvalue weighted by molar-refractivity contribution is -0.923. The van der Waals surface area contributed by atoms with Crippen molar-refractivity contribution in [2.75, 3.05) is 26.2 Å². The third-order valence-electron chi connectivity index (χ3n) is 4.86. The highest BCUT2D eigenvalue weighted by molar-refractivity contribution is 5.74. The van der Waals surface area contributed by atoms with E-state index in [-0.39, 0.29) is 11.6 Å². The van der Waals surface area contributed by atoms with Crippen molar-refractivity contribution in [2.45, 2.75) is 6.54 Å². The number of benzene rings is 3. The quantitative estimate of drug-likeness (QED) is 0.522. The van der Waals surface area contributed by atoms with Crippen molar-refractivity contribution >= 4 is 0 Å². The molecule has 0 bridgehead atoms. The molecule has 28 heavy (non-hydrogen) atoms. The fraction of sp³-hybridized carbons (Fsp3) is 0.217. The van der Waals surface area contributed by atoms with Crippen LogP contribution in [0.3, 0.4) is 0 Å². The van der Waals surface area contributed by atoms with Crippen molar-refractivity contribution in [3.8, 4) is 22.3 Å². The second kappa shape index (κ2) is 9.55. The minimum atomic E-state index is -0.250. The van der Waals surface area contributed by atoms with Crippen LogP contribution in [0.1, 0.15) is 5.56 Å². The van der Waals surface area contributed by atoms with Gasteiger partial charge in [-0.1, -0.05) is 24.3 Å². The summed E-state index contributed by atoms with van der Waals surface area (Å²) in [6.45, 7) is 4.59. The van der Waals surface area contributed by atoms with E-state index in [1.165, 1.54) is 34.7 Å². The Morgan fingerprint density at radius 3 is 1.43 bits per heavy atom. The largest absolute Gasteiger partial charge is 0.353 e. The Balaban J connectivity index is 2.02. The van der Waals surface area contributed by atoms with Gasteiger partial charge in [0.25, 0.3) is 0 Å². The van der Waals surface area contributed by atoms with Crippen LogP contribution >= 0.6 is 0 Å². The Hall–Kier alpha value is -2.60. The Bertz CT molecular complexity index is 823. The molecule has 146 valence electrons. The Morgan fingerprint density at radius 2 is 1.04 bits per heavy atom. The van der Waals surface area contributed by atoms with Crippen molar-refractivity contribution in [3.63, 3.8) is 0 Å². The first-order valence-corrected chi connectivity index (χ1v) is 9.67. The summed E-state index contributed by atoms with van der Waals surface area (Å²) in [6.07, 6.45) is 0. The van der Waals surface area contributed by atoms with E-state index in [9.17, 15) is 8.78 Å². The lowest BCUT2D eigenvalue weighted by atomic mass is 9.96. The maximum atomic E-state index is 13.4. The van der Waals surface area contributed by atoms with Gasteiger partial charge < -0.3 is 16.4 Å². The van der Waals surface area contributed by atoms with Gasteiger partial charge >= 0.3 is 0 Å². The van der Waals surface area contributed by atoms with Crippen LogP contribution < -0.4 is 16.4 Å². The van der Waals surface area contributed by atoms with Crippen LogP contribution in [0.5, 0.6) is 0 Å². The summed E-state index contributed by atoms with van der Waals surface area (Å²) in [6, 6.07) is 19.5. The summed E-state index contributed by atoms with van der Waals surface area (Å²) >= 11 is 0. The summed E-state index contributed by atoms with van der Waals surface area (Å²) in [5.74, 6) is -0.500. The second-order valence-electron chi connectivity index (χ2n) is 7.07. The van der Waals surface area contributed by atoms with Crippen LogP contribution in [0, 0.1) is 11.6 Å². The number of quaternary nitrogens is 3. The number of rotatable bonds is 8. The number of hydrogen-bond donors (Lipinski definition) is 3. The van der Waals surface area contributed by atoms with Crippen molar-refractivity contribution in [1.29, 1.82) is 0 Å². The summed E-state index contributed by atoms with van der Waals surface area (Å²) in [5, 5.41) is 0. The Morgan fingerprint density at radius 1 is 0.607 bits per heavy atom. The average molecular weight is 384 g/mol. The standard InChI is InChI=1S/C23H25F2N3/c24-22-5-1-18(2-6-22)20-13-17(16-28(11-9-26)12-10-27)14-21(15-20)19-3-7-23(25)8-4-19/h1-8,13-15H,9-12,16,26-27H2/p+3. The molecule has 0 amide bonds. The van der Waals surface area contributed by atoms with Crippen LogP contribution in [0.4, 0.5) is 8.78 Å². The molecule has 3 nitrogen and oxygen atoms in total. The smallest absolute Gasteiger partial charge is 0.127 e. The SMILES string of the molecule is [NH3+]CC[NH+](CC[NH3+])Cc1cc(-c2ccc(F)cc2)cc(-c2ccc(F)cc2)c1. The molecular formula is C23H28F2N3+3. The summed E-state index contributed by atoms with van der Waals surface area (Å²) in [4.78, 5) is 1.44. The lowest BCUT2D eigenvalue weighted by Gasteiger charge is -2.18. The molecule has 0 unspecified atom stereocenters. The van der Waals surface area contributed by atoms with Gasteiger partial charge in [0.15, 0.2) is 0 Å². The van der Waals surface area contributed by atoms with Crippen LogP contribution in [0.2, 0.25) is 0 Å². The molecule has 3 aromatic rings. The Labute approximate surface area is 164 Å². The first-order valence-electron chi connectivity index (χ1n) is 9.67. The van der Waals surface area contributed by atoms with Gasteiger partial charge in [0.2, 0.25) is 0 Å². The van der Waals surface area contributed by atoms with Gasteiger partial charge in [0.1, 0.15) is 44.4 Å². The van der Waals surface area contributed by atoms with E-state index >= 15 is 0 Å². The number of halogens is 2. The molecule has 0 heterocycles. The van der Waals surface area contributed by atoms with Crippen LogP contribution in [-0.4, -0.2) is 26.2 Å². The summed E-state index contributed by atoms with van der Waals surface area (Å²) in [7, 11) is 0. The normalized spacial score (nSPS) is 11.2. The molecule has 0 saturated heterocycles. The average Bonchev–Trinajstić information content (AvgIpc) is 2.69. The molecule has 0 spiro atoms. The van der Waals surface area contributed by atoms with E-state index in [1.807, 2.05) is 0 Å². The number of nitrogens with one attached hydrogen (secondary N) is 1. The molecule has 0 saturated carbocycles. The fourth-order valence-corrected chi connectivity index (χ4v) is 3.50. The highest BCUT2D eigenvalue weighted by Gasteiger charge is 2.13. The van der Waals surface area contributed by atoms with Crippen LogP contribution in [-0.2, 0) is 6.54 Å². The van der Waals surface area contributed by atoms with Crippen LogP contribution in [0.15, 0.2) is 66.7 Å². The third-order valence-corrected chi connectivity index (χ3v) is 4.86. The van der Waals surface area contributed by atoms with E-state index in [2.05, 4.69) is 29.7 Å². The molecule has 5 heteroatoms. The molecule has 3 aromatic carbocycles. The monoisotopic (exact) mass is 384 g/mol. The molecule has 0 fully saturated rings. The second-order valence-corrected chi connectivity index (χ2v) is 7.07. The molecule has 7 N–H and O–H groups in total. The van der Waals surface area contributed by atoms with Gasteiger partial charge in [0, 0.05) is 5.56 Å². The minimum Gasteiger partial charge on any atom is -0.353 e. The van der Waals surface area contributed by atoms with Gasteiger partial charge in [-0.25, -0.2) is 8.78 Å². The van der Waals surface area contributed by atoms with E-state index in [1.54, 1.807) is 24.3 Å². The lowest BCUT2D eigenvalue weighted by Crippen LogP contribution is -3.13. The molecule has 0 radical (unpaired) electrons.